The molecule has 2 N–H and O–H groups in total. The number of carbonyl (C=O) groups is 1. The first-order valence-electron chi connectivity index (χ1n) is 4.55. The number of carbonyl (C=O) groups excluding carboxylic acids is 1. The molecule has 0 saturated carbocycles. The normalized spacial score (nSPS) is 12.1. The molecule has 0 amide bonds. The molecule has 0 saturated heterocycles. The third-order valence-corrected chi connectivity index (χ3v) is 1.73. The van der Waals surface area contributed by atoms with Gasteiger partial charge in [-0.2, -0.15) is 0 Å². The molecular formula is C10H14N2O3. The molecule has 0 bridgehead atoms. The van der Waals surface area contributed by atoms with E-state index in [-0.39, 0.29) is 6.10 Å². The lowest BCUT2D eigenvalue weighted by Gasteiger charge is -2.11. The van der Waals surface area contributed by atoms with Crippen molar-refractivity contribution in [3.05, 3.63) is 23.9 Å². The fourth-order valence-corrected chi connectivity index (χ4v) is 1.09. The van der Waals surface area contributed by atoms with Gasteiger partial charge in [-0.3, -0.25) is 0 Å². The molecule has 0 aromatic carbocycles. The Morgan fingerprint density at radius 3 is 3.00 bits per heavy atom. The average molecular weight is 210 g/mol. The third-order valence-electron chi connectivity index (χ3n) is 1.73. The van der Waals surface area contributed by atoms with Gasteiger partial charge in [0.15, 0.2) is 0 Å². The number of nitrogens with two attached hydrogens (primary N) is 1. The molecule has 0 aliphatic carbocycles. The molecule has 5 nitrogen and oxygen atoms in total. The zero-order valence-corrected chi connectivity index (χ0v) is 8.77. The monoisotopic (exact) mass is 210 g/mol. The van der Waals surface area contributed by atoms with E-state index in [1.807, 2.05) is 0 Å². The zero-order valence-electron chi connectivity index (χ0n) is 8.77. The van der Waals surface area contributed by atoms with Crippen LogP contribution in [0.2, 0.25) is 0 Å². The van der Waals surface area contributed by atoms with Gasteiger partial charge < -0.3 is 15.2 Å². The van der Waals surface area contributed by atoms with E-state index in [9.17, 15) is 4.79 Å². The van der Waals surface area contributed by atoms with Crippen LogP contribution >= 0.6 is 0 Å². The second-order valence-corrected chi connectivity index (χ2v) is 3.14. The predicted molar refractivity (Wildman–Crippen MR) is 55.4 cm³/mol. The van der Waals surface area contributed by atoms with Crippen LogP contribution in [-0.4, -0.2) is 30.8 Å². The van der Waals surface area contributed by atoms with Gasteiger partial charge in [0.2, 0.25) is 0 Å². The molecule has 1 unspecified atom stereocenters. The summed E-state index contributed by atoms with van der Waals surface area (Å²) in [5.41, 5.74) is 5.84. The highest BCUT2D eigenvalue weighted by atomic mass is 16.6. The van der Waals surface area contributed by atoms with Crippen LogP contribution < -0.4 is 5.73 Å². The number of nitrogens with zero attached hydrogens (tertiary/aromatic N) is 1. The van der Waals surface area contributed by atoms with Crippen molar-refractivity contribution in [2.45, 2.75) is 13.0 Å². The van der Waals surface area contributed by atoms with Crippen molar-refractivity contribution in [1.82, 2.24) is 4.98 Å². The highest BCUT2D eigenvalue weighted by Crippen LogP contribution is 2.06. The molecule has 0 aliphatic heterocycles. The number of methoxy groups -OCH3 is 1. The van der Waals surface area contributed by atoms with E-state index in [0.29, 0.717) is 18.0 Å². The Balaban J connectivity index is 2.61. The fraction of sp³-hybridized carbons (Fsp3) is 0.400. The molecule has 1 aromatic heterocycles. The Bertz CT molecular complexity index is 341. The van der Waals surface area contributed by atoms with Gasteiger partial charge in [-0.05, 0) is 19.1 Å². The first kappa shape index (κ1) is 11.5. The standard InChI is InChI=1S/C10H14N2O3/c1-7(6-14-2)15-10(13)8-3-4-12-9(11)5-8/h3-5,7H,6H2,1-2H3,(H2,11,12). The van der Waals surface area contributed by atoms with Gasteiger partial charge in [0.25, 0.3) is 0 Å². The second kappa shape index (κ2) is 5.31. The quantitative estimate of drug-likeness (QED) is 0.746. The lowest BCUT2D eigenvalue weighted by atomic mass is 10.2. The van der Waals surface area contributed by atoms with E-state index in [0.717, 1.165) is 0 Å². The van der Waals surface area contributed by atoms with Crippen molar-refractivity contribution in [1.29, 1.82) is 0 Å². The van der Waals surface area contributed by atoms with Crippen LogP contribution in [0.4, 0.5) is 5.82 Å². The summed E-state index contributed by atoms with van der Waals surface area (Å²) < 4.78 is 9.93. The molecule has 1 aromatic rings. The van der Waals surface area contributed by atoms with E-state index in [4.69, 9.17) is 15.2 Å². The zero-order chi connectivity index (χ0) is 11.3. The van der Waals surface area contributed by atoms with Crippen molar-refractivity contribution < 1.29 is 14.3 Å². The van der Waals surface area contributed by atoms with Crippen molar-refractivity contribution in [3.8, 4) is 0 Å². The van der Waals surface area contributed by atoms with Crippen LogP contribution in [-0.2, 0) is 9.47 Å². The van der Waals surface area contributed by atoms with Gasteiger partial charge >= 0.3 is 5.97 Å². The lowest BCUT2D eigenvalue weighted by molar-refractivity contribution is 0.0120. The summed E-state index contributed by atoms with van der Waals surface area (Å²) in [6.07, 6.45) is 1.18. The summed E-state index contributed by atoms with van der Waals surface area (Å²) in [6.45, 7) is 2.12. The molecule has 82 valence electrons. The maximum atomic E-state index is 11.5. The van der Waals surface area contributed by atoms with Crippen LogP contribution in [0, 0.1) is 0 Å². The van der Waals surface area contributed by atoms with E-state index in [1.165, 1.54) is 12.3 Å². The van der Waals surface area contributed by atoms with Gasteiger partial charge in [0, 0.05) is 13.3 Å². The first-order chi connectivity index (χ1) is 7.13. The van der Waals surface area contributed by atoms with Crippen LogP contribution in [0.25, 0.3) is 0 Å². The highest BCUT2D eigenvalue weighted by Gasteiger charge is 2.11. The van der Waals surface area contributed by atoms with Crippen LogP contribution in [0.3, 0.4) is 0 Å². The minimum atomic E-state index is -0.423. The van der Waals surface area contributed by atoms with Crippen molar-refractivity contribution in [3.63, 3.8) is 0 Å². The number of pyridine rings is 1. The molecule has 1 atom stereocenters. The number of anilines is 1. The minimum absolute atomic E-state index is 0.281. The molecule has 0 radical (unpaired) electrons. The Morgan fingerprint density at radius 2 is 2.40 bits per heavy atom. The number of rotatable bonds is 4. The molecular weight excluding hydrogens is 196 g/mol. The first-order valence-corrected chi connectivity index (χ1v) is 4.55. The number of aromatic nitrogens is 1. The predicted octanol–water partition coefficient (Wildman–Crippen LogP) is 0.855. The van der Waals surface area contributed by atoms with Gasteiger partial charge in [0.1, 0.15) is 11.9 Å². The maximum Gasteiger partial charge on any atom is 0.338 e. The summed E-state index contributed by atoms with van der Waals surface area (Å²) >= 11 is 0. The van der Waals surface area contributed by atoms with Crippen molar-refractivity contribution in [2.24, 2.45) is 0 Å². The van der Waals surface area contributed by atoms with Crippen molar-refractivity contribution in [2.75, 3.05) is 19.5 Å². The number of nitrogen functional groups attached to an aromatic ring is 1. The Labute approximate surface area is 88.2 Å². The molecule has 1 rings (SSSR count). The number of esters is 1. The largest absolute Gasteiger partial charge is 0.457 e. The smallest absolute Gasteiger partial charge is 0.338 e. The van der Waals surface area contributed by atoms with Gasteiger partial charge in [0.05, 0.1) is 12.2 Å². The molecule has 5 heteroatoms. The lowest BCUT2D eigenvalue weighted by Crippen LogP contribution is -2.19. The molecule has 0 aliphatic rings. The average Bonchev–Trinajstić information content (AvgIpc) is 2.18. The number of ether oxygens (including phenoxy) is 2. The van der Waals surface area contributed by atoms with Gasteiger partial charge in [-0.1, -0.05) is 0 Å². The minimum Gasteiger partial charge on any atom is -0.457 e. The number of hydrogen-bond donors (Lipinski definition) is 1. The molecule has 0 spiro atoms. The Morgan fingerprint density at radius 1 is 1.67 bits per heavy atom. The summed E-state index contributed by atoms with van der Waals surface area (Å²) in [4.78, 5) is 15.3. The maximum absolute atomic E-state index is 11.5. The molecule has 0 fully saturated rings. The van der Waals surface area contributed by atoms with Crippen LogP contribution in [0.15, 0.2) is 18.3 Å². The van der Waals surface area contributed by atoms with E-state index in [2.05, 4.69) is 4.98 Å². The summed E-state index contributed by atoms with van der Waals surface area (Å²) in [7, 11) is 1.55. The highest BCUT2D eigenvalue weighted by molar-refractivity contribution is 5.90. The SMILES string of the molecule is COCC(C)OC(=O)c1ccnc(N)c1. The summed E-state index contributed by atoms with van der Waals surface area (Å²) in [5.74, 6) is -0.127. The topological polar surface area (TPSA) is 74.4 Å². The van der Waals surface area contributed by atoms with E-state index < -0.39 is 5.97 Å². The number of hydrogen-bond acceptors (Lipinski definition) is 5. The van der Waals surface area contributed by atoms with Gasteiger partial charge in [-0.25, -0.2) is 9.78 Å². The van der Waals surface area contributed by atoms with Crippen LogP contribution in [0.1, 0.15) is 17.3 Å². The van der Waals surface area contributed by atoms with E-state index in [1.54, 1.807) is 20.1 Å². The Kier molecular flexibility index (Phi) is 4.05. The van der Waals surface area contributed by atoms with Gasteiger partial charge in [-0.15, -0.1) is 0 Å². The second-order valence-electron chi connectivity index (χ2n) is 3.14. The summed E-state index contributed by atoms with van der Waals surface area (Å²) in [5, 5.41) is 0. The molecule has 15 heavy (non-hydrogen) atoms. The van der Waals surface area contributed by atoms with Crippen molar-refractivity contribution >= 4 is 11.8 Å². The Hall–Kier alpha value is -1.62. The fourth-order valence-electron chi connectivity index (χ4n) is 1.09. The third kappa shape index (κ3) is 3.55. The molecule has 1 heterocycles. The van der Waals surface area contributed by atoms with E-state index >= 15 is 0 Å². The van der Waals surface area contributed by atoms with Crippen LogP contribution in [0.5, 0.6) is 0 Å². The summed E-state index contributed by atoms with van der Waals surface area (Å²) in [6, 6.07) is 3.03.